The second kappa shape index (κ2) is 44.0. The van der Waals surface area contributed by atoms with Crippen LogP contribution in [0.2, 0.25) is 0 Å². The van der Waals surface area contributed by atoms with E-state index in [1.54, 1.807) is 0 Å². The van der Waals surface area contributed by atoms with Gasteiger partial charge in [-0.1, -0.05) is 240 Å². The minimum absolute atomic E-state index is 0.0648. The molecule has 0 aliphatic rings. The van der Waals surface area contributed by atoms with Gasteiger partial charge in [0.2, 0.25) is 0 Å². The standard InChI is InChI=1S/C51H98O6/c1-6-7-8-9-24-33-38-43-51(54)57-48(45-56-50(53)42-37-32-28-23-22-26-30-35-40-47(4)5)44-55-49(52)41-36-31-27-21-19-17-15-13-11-10-12-14-16-18-20-25-29-34-39-46(2)3/h46-48H,6-45H2,1-5H3/t48-/m1/s1. The van der Waals surface area contributed by atoms with Crippen molar-refractivity contribution in [3.63, 3.8) is 0 Å². The average molecular weight is 807 g/mol. The molecule has 0 aliphatic carbocycles. The Balaban J connectivity index is 4.09. The average Bonchev–Trinajstić information content (AvgIpc) is 3.18. The lowest BCUT2D eigenvalue weighted by Gasteiger charge is -2.18. The maximum atomic E-state index is 12.6. The predicted molar refractivity (Wildman–Crippen MR) is 243 cm³/mol. The molecule has 57 heavy (non-hydrogen) atoms. The van der Waals surface area contributed by atoms with Crippen molar-refractivity contribution < 1.29 is 28.6 Å². The summed E-state index contributed by atoms with van der Waals surface area (Å²) >= 11 is 0. The zero-order chi connectivity index (χ0) is 41.9. The summed E-state index contributed by atoms with van der Waals surface area (Å²) in [6.45, 7) is 11.3. The number of carbonyl (C=O) groups is 3. The number of hydrogen-bond acceptors (Lipinski definition) is 6. The molecule has 6 nitrogen and oxygen atoms in total. The summed E-state index contributed by atoms with van der Waals surface area (Å²) in [4.78, 5) is 37.7. The van der Waals surface area contributed by atoms with Crippen molar-refractivity contribution in [3.8, 4) is 0 Å². The molecule has 338 valence electrons. The van der Waals surface area contributed by atoms with Crippen molar-refractivity contribution >= 4 is 17.9 Å². The van der Waals surface area contributed by atoms with Gasteiger partial charge in [-0.05, 0) is 31.1 Å². The van der Waals surface area contributed by atoms with Gasteiger partial charge in [-0.2, -0.15) is 0 Å². The summed E-state index contributed by atoms with van der Waals surface area (Å²) in [6, 6.07) is 0. The van der Waals surface area contributed by atoms with Gasteiger partial charge < -0.3 is 14.2 Å². The van der Waals surface area contributed by atoms with Crippen molar-refractivity contribution in [2.45, 2.75) is 285 Å². The Labute approximate surface area is 355 Å². The lowest BCUT2D eigenvalue weighted by atomic mass is 10.0. The summed E-state index contributed by atoms with van der Waals surface area (Å²) < 4.78 is 16.7. The van der Waals surface area contributed by atoms with E-state index in [9.17, 15) is 14.4 Å². The van der Waals surface area contributed by atoms with E-state index in [1.165, 1.54) is 167 Å². The van der Waals surface area contributed by atoms with Crippen LogP contribution in [0.1, 0.15) is 279 Å². The van der Waals surface area contributed by atoms with Crippen LogP contribution in [-0.4, -0.2) is 37.2 Å². The van der Waals surface area contributed by atoms with Crippen LogP contribution in [0.15, 0.2) is 0 Å². The fourth-order valence-corrected chi connectivity index (χ4v) is 7.64. The van der Waals surface area contributed by atoms with Crippen LogP contribution in [0.3, 0.4) is 0 Å². The number of ether oxygens (including phenoxy) is 3. The molecule has 0 N–H and O–H groups in total. The third kappa shape index (κ3) is 45.3. The fourth-order valence-electron chi connectivity index (χ4n) is 7.64. The van der Waals surface area contributed by atoms with Gasteiger partial charge in [0.25, 0.3) is 0 Å². The molecule has 0 fully saturated rings. The van der Waals surface area contributed by atoms with E-state index in [0.717, 1.165) is 69.6 Å². The van der Waals surface area contributed by atoms with Crippen molar-refractivity contribution in [2.75, 3.05) is 13.2 Å². The molecule has 0 spiro atoms. The largest absolute Gasteiger partial charge is 0.462 e. The molecule has 0 rings (SSSR count). The molecule has 0 aromatic heterocycles. The molecular weight excluding hydrogens is 709 g/mol. The molecule has 0 bridgehead atoms. The molecule has 0 aromatic carbocycles. The number of hydrogen-bond donors (Lipinski definition) is 0. The molecule has 0 unspecified atom stereocenters. The number of rotatable bonds is 45. The Hall–Kier alpha value is -1.59. The van der Waals surface area contributed by atoms with Gasteiger partial charge >= 0.3 is 17.9 Å². The number of carbonyl (C=O) groups excluding carboxylic acids is 3. The van der Waals surface area contributed by atoms with Gasteiger partial charge in [-0.25, -0.2) is 0 Å². The fraction of sp³-hybridized carbons (Fsp3) is 0.941. The zero-order valence-electron chi connectivity index (χ0n) is 39.0. The van der Waals surface area contributed by atoms with Crippen LogP contribution < -0.4 is 0 Å². The number of esters is 3. The first-order valence-corrected chi connectivity index (χ1v) is 25.2. The maximum Gasteiger partial charge on any atom is 0.306 e. The predicted octanol–water partition coefficient (Wildman–Crippen LogP) is 16.1. The van der Waals surface area contributed by atoms with Gasteiger partial charge in [0.15, 0.2) is 6.10 Å². The van der Waals surface area contributed by atoms with Gasteiger partial charge in [-0.3, -0.25) is 14.4 Å². The van der Waals surface area contributed by atoms with Crippen molar-refractivity contribution in [1.82, 2.24) is 0 Å². The maximum absolute atomic E-state index is 12.6. The third-order valence-electron chi connectivity index (χ3n) is 11.5. The van der Waals surface area contributed by atoms with E-state index in [1.807, 2.05) is 0 Å². The van der Waals surface area contributed by atoms with E-state index >= 15 is 0 Å². The highest BCUT2D eigenvalue weighted by molar-refractivity contribution is 5.71. The van der Waals surface area contributed by atoms with Gasteiger partial charge in [0, 0.05) is 19.3 Å². The SMILES string of the molecule is CCCCCCCCCC(=O)O[C@H](COC(=O)CCCCCCCCCCCCCCCCCCCCC(C)C)COC(=O)CCCCCCCCCCC(C)C. The Morgan fingerprint density at radius 2 is 0.579 bits per heavy atom. The molecule has 0 aromatic rings. The first kappa shape index (κ1) is 55.4. The lowest BCUT2D eigenvalue weighted by molar-refractivity contribution is -0.167. The highest BCUT2D eigenvalue weighted by Gasteiger charge is 2.19. The molecule has 0 saturated heterocycles. The summed E-state index contributed by atoms with van der Waals surface area (Å²) in [5.74, 6) is 0.796. The van der Waals surface area contributed by atoms with Crippen LogP contribution in [0, 0.1) is 11.8 Å². The van der Waals surface area contributed by atoms with E-state index in [2.05, 4.69) is 34.6 Å². The summed E-state index contributed by atoms with van der Waals surface area (Å²) in [5.41, 5.74) is 0. The highest BCUT2D eigenvalue weighted by Crippen LogP contribution is 2.17. The van der Waals surface area contributed by atoms with Crippen LogP contribution in [0.4, 0.5) is 0 Å². The molecule has 0 saturated carbocycles. The zero-order valence-corrected chi connectivity index (χ0v) is 39.0. The Bertz CT molecular complexity index is 870. The minimum atomic E-state index is -0.759. The van der Waals surface area contributed by atoms with Gasteiger partial charge in [0.1, 0.15) is 13.2 Å². The third-order valence-corrected chi connectivity index (χ3v) is 11.5. The number of unbranched alkanes of at least 4 members (excludes halogenated alkanes) is 30. The van der Waals surface area contributed by atoms with Gasteiger partial charge in [-0.15, -0.1) is 0 Å². The van der Waals surface area contributed by atoms with E-state index in [-0.39, 0.29) is 31.1 Å². The van der Waals surface area contributed by atoms with Crippen molar-refractivity contribution in [2.24, 2.45) is 11.8 Å². The van der Waals surface area contributed by atoms with Crippen LogP contribution >= 0.6 is 0 Å². The van der Waals surface area contributed by atoms with Crippen LogP contribution in [-0.2, 0) is 28.6 Å². The van der Waals surface area contributed by atoms with Crippen LogP contribution in [0.5, 0.6) is 0 Å². The monoisotopic (exact) mass is 807 g/mol. The van der Waals surface area contributed by atoms with Gasteiger partial charge in [0.05, 0.1) is 0 Å². The molecule has 0 amide bonds. The van der Waals surface area contributed by atoms with E-state index in [0.29, 0.717) is 19.3 Å². The topological polar surface area (TPSA) is 78.9 Å². The Morgan fingerprint density at radius 1 is 0.333 bits per heavy atom. The minimum Gasteiger partial charge on any atom is -0.462 e. The first-order valence-electron chi connectivity index (χ1n) is 25.2. The molecular formula is C51H98O6. The smallest absolute Gasteiger partial charge is 0.306 e. The summed E-state index contributed by atoms with van der Waals surface area (Å²) in [6.07, 6.45) is 44.0. The van der Waals surface area contributed by atoms with Crippen LogP contribution in [0.25, 0.3) is 0 Å². The first-order chi connectivity index (χ1) is 27.7. The molecule has 6 heteroatoms. The second-order valence-electron chi connectivity index (χ2n) is 18.4. The normalized spacial score (nSPS) is 12.1. The molecule has 0 radical (unpaired) electrons. The van der Waals surface area contributed by atoms with E-state index in [4.69, 9.17) is 14.2 Å². The molecule has 1 atom stereocenters. The quantitative estimate of drug-likeness (QED) is 0.0346. The van der Waals surface area contributed by atoms with E-state index < -0.39 is 6.10 Å². The van der Waals surface area contributed by atoms with Crippen molar-refractivity contribution in [1.29, 1.82) is 0 Å². The summed E-state index contributed by atoms with van der Waals surface area (Å²) in [5, 5.41) is 0. The molecule has 0 heterocycles. The Morgan fingerprint density at radius 3 is 0.860 bits per heavy atom. The lowest BCUT2D eigenvalue weighted by Crippen LogP contribution is -2.30. The van der Waals surface area contributed by atoms with Crippen molar-refractivity contribution in [3.05, 3.63) is 0 Å². The molecule has 0 aliphatic heterocycles. The Kier molecular flexibility index (Phi) is 42.7. The summed E-state index contributed by atoms with van der Waals surface area (Å²) in [7, 11) is 0. The highest BCUT2D eigenvalue weighted by atomic mass is 16.6. The second-order valence-corrected chi connectivity index (χ2v) is 18.4.